The van der Waals surface area contributed by atoms with E-state index in [9.17, 15) is 4.79 Å². The maximum atomic E-state index is 12.1. The molecule has 0 spiro atoms. The van der Waals surface area contributed by atoms with Gasteiger partial charge < -0.3 is 0 Å². The Hall–Kier alpha value is -1.90. The number of hydrogen-bond acceptors (Lipinski definition) is 2. The summed E-state index contributed by atoms with van der Waals surface area (Å²) in [6, 6.07) is 10.3. The van der Waals surface area contributed by atoms with Gasteiger partial charge in [0.1, 0.15) is 5.78 Å². The van der Waals surface area contributed by atoms with Crippen molar-refractivity contribution in [3.8, 4) is 0 Å². The summed E-state index contributed by atoms with van der Waals surface area (Å²) in [5, 5.41) is 4.38. The predicted molar refractivity (Wildman–Crippen MR) is 80.8 cm³/mol. The minimum absolute atomic E-state index is 0.280. The molecule has 0 saturated heterocycles. The summed E-state index contributed by atoms with van der Waals surface area (Å²) < 4.78 is 1.92. The van der Waals surface area contributed by atoms with Crippen molar-refractivity contribution in [3.63, 3.8) is 0 Å². The van der Waals surface area contributed by atoms with E-state index in [4.69, 9.17) is 0 Å². The van der Waals surface area contributed by atoms with Crippen LogP contribution in [0.1, 0.15) is 35.9 Å². The number of carbonyl (C=O) groups is 1. The molecule has 0 bridgehead atoms. The van der Waals surface area contributed by atoms with Gasteiger partial charge in [0.2, 0.25) is 0 Å². The lowest BCUT2D eigenvalue weighted by Crippen LogP contribution is -2.10. The SMILES string of the molecule is CCn1nc(C)cc1CC(=O)CCc1ccccc1C. The lowest BCUT2D eigenvalue weighted by atomic mass is 10.0. The third kappa shape index (κ3) is 3.56. The standard InChI is InChI=1S/C17H22N2O/c1-4-19-16(11-14(3)18-19)12-17(20)10-9-15-8-6-5-7-13(15)2/h5-8,11H,4,9-10,12H2,1-3H3. The van der Waals surface area contributed by atoms with Crippen molar-refractivity contribution >= 4 is 5.78 Å². The van der Waals surface area contributed by atoms with Crippen LogP contribution in [0.2, 0.25) is 0 Å². The smallest absolute Gasteiger partial charge is 0.139 e. The molecule has 1 heterocycles. The molecule has 0 aliphatic carbocycles. The molecule has 3 nitrogen and oxygen atoms in total. The Morgan fingerprint density at radius 3 is 2.70 bits per heavy atom. The monoisotopic (exact) mass is 270 g/mol. The highest BCUT2D eigenvalue weighted by atomic mass is 16.1. The number of benzene rings is 1. The van der Waals surface area contributed by atoms with Gasteiger partial charge in [-0.3, -0.25) is 9.48 Å². The molecule has 0 amide bonds. The van der Waals surface area contributed by atoms with Gasteiger partial charge in [0.15, 0.2) is 0 Å². The first-order valence-corrected chi connectivity index (χ1v) is 7.19. The maximum absolute atomic E-state index is 12.1. The molecule has 20 heavy (non-hydrogen) atoms. The van der Waals surface area contributed by atoms with Gasteiger partial charge in [-0.15, -0.1) is 0 Å². The molecule has 2 aromatic rings. The molecule has 0 aliphatic heterocycles. The molecule has 2 rings (SSSR count). The average Bonchev–Trinajstić information content (AvgIpc) is 2.78. The van der Waals surface area contributed by atoms with Gasteiger partial charge >= 0.3 is 0 Å². The van der Waals surface area contributed by atoms with Gasteiger partial charge in [-0.25, -0.2) is 0 Å². The lowest BCUT2D eigenvalue weighted by molar-refractivity contribution is -0.118. The topological polar surface area (TPSA) is 34.9 Å². The highest BCUT2D eigenvalue weighted by molar-refractivity contribution is 5.80. The van der Waals surface area contributed by atoms with E-state index < -0.39 is 0 Å². The van der Waals surface area contributed by atoms with Gasteiger partial charge in [0.05, 0.1) is 5.69 Å². The van der Waals surface area contributed by atoms with Gasteiger partial charge in [-0.2, -0.15) is 5.10 Å². The largest absolute Gasteiger partial charge is 0.299 e. The quantitative estimate of drug-likeness (QED) is 0.807. The molecule has 0 N–H and O–H groups in total. The van der Waals surface area contributed by atoms with Crippen LogP contribution in [0.25, 0.3) is 0 Å². The molecule has 106 valence electrons. The first-order valence-electron chi connectivity index (χ1n) is 7.19. The van der Waals surface area contributed by atoms with E-state index in [-0.39, 0.29) is 5.78 Å². The number of ketones is 1. The third-order valence-corrected chi connectivity index (χ3v) is 3.60. The molecule has 3 heteroatoms. The summed E-state index contributed by atoms with van der Waals surface area (Å²) in [6.07, 6.45) is 1.91. The van der Waals surface area contributed by atoms with Crippen LogP contribution in [0.15, 0.2) is 30.3 Å². The molecule has 1 aromatic heterocycles. The van der Waals surface area contributed by atoms with Gasteiger partial charge in [0.25, 0.3) is 0 Å². The van der Waals surface area contributed by atoms with E-state index in [0.29, 0.717) is 12.8 Å². The molecule has 0 radical (unpaired) electrons. The summed E-state index contributed by atoms with van der Waals surface area (Å²) in [6.45, 7) is 6.92. The first kappa shape index (κ1) is 14.5. The van der Waals surface area contributed by atoms with Crippen molar-refractivity contribution in [2.75, 3.05) is 0 Å². The molecule has 0 aliphatic rings. The third-order valence-electron chi connectivity index (χ3n) is 3.60. The van der Waals surface area contributed by atoms with Gasteiger partial charge in [-0.05, 0) is 44.4 Å². The van der Waals surface area contributed by atoms with E-state index in [2.05, 4.69) is 24.2 Å². The fourth-order valence-electron chi connectivity index (χ4n) is 2.47. The minimum atomic E-state index is 0.280. The zero-order valence-corrected chi connectivity index (χ0v) is 12.5. The number of rotatable bonds is 6. The van der Waals surface area contributed by atoms with E-state index in [1.807, 2.05) is 36.7 Å². The Morgan fingerprint density at radius 2 is 2.00 bits per heavy atom. The molecule has 0 unspecified atom stereocenters. The Bertz CT molecular complexity index is 599. The predicted octanol–water partition coefficient (Wildman–Crippen LogP) is 3.26. The van der Waals surface area contributed by atoms with E-state index in [1.54, 1.807) is 0 Å². The van der Waals surface area contributed by atoms with Crippen LogP contribution in [0, 0.1) is 13.8 Å². The second-order valence-corrected chi connectivity index (χ2v) is 5.23. The highest BCUT2D eigenvalue weighted by Gasteiger charge is 2.10. The van der Waals surface area contributed by atoms with Crippen molar-refractivity contribution in [1.82, 2.24) is 9.78 Å². The van der Waals surface area contributed by atoms with Crippen LogP contribution in [0.3, 0.4) is 0 Å². The number of aryl methyl sites for hydroxylation is 4. The van der Waals surface area contributed by atoms with Crippen molar-refractivity contribution in [1.29, 1.82) is 0 Å². The second kappa shape index (κ2) is 6.51. The van der Waals surface area contributed by atoms with Crippen molar-refractivity contribution in [2.45, 2.75) is 46.6 Å². The number of hydrogen-bond donors (Lipinski definition) is 0. The zero-order valence-electron chi connectivity index (χ0n) is 12.5. The normalized spacial score (nSPS) is 10.8. The summed E-state index contributed by atoms with van der Waals surface area (Å²) >= 11 is 0. The van der Waals surface area contributed by atoms with Crippen molar-refractivity contribution in [2.24, 2.45) is 0 Å². The van der Waals surface area contributed by atoms with Crippen molar-refractivity contribution in [3.05, 3.63) is 52.8 Å². The fraction of sp³-hybridized carbons (Fsp3) is 0.412. The average molecular weight is 270 g/mol. The Morgan fingerprint density at radius 1 is 1.25 bits per heavy atom. The second-order valence-electron chi connectivity index (χ2n) is 5.23. The van der Waals surface area contributed by atoms with E-state index in [1.165, 1.54) is 11.1 Å². The minimum Gasteiger partial charge on any atom is -0.299 e. The van der Waals surface area contributed by atoms with Gasteiger partial charge in [-0.1, -0.05) is 24.3 Å². The molecular weight excluding hydrogens is 248 g/mol. The Kier molecular flexibility index (Phi) is 4.72. The number of aromatic nitrogens is 2. The number of Topliss-reactive ketones (excluding diaryl/α,β-unsaturated/α-hetero) is 1. The highest BCUT2D eigenvalue weighted by Crippen LogP contribution is 2.12. The van der Waals surface area contributed by atoms with Crippen LogP contribution in [-0.4, -0.2) is 15.6 Å². The summed E-state index contributed by atoms with van der Waals surface area (Å²) in [7, 11) is 0. The van der Waals surface area contributed by atoms with E-state index >= 15 is 0 Å². The summed E-state index contributed by atoms with van der Waals surface area (Å²) in [5.41, 5.74) is 4.53. The first-order chi connectivity index (χ1) is 9.60. The molecule has 0 saturated carbocycles. The maximum Gasteiger partial charge on any atom is 0.139 e. The fourth-order valence-corrected chi connectivity index (χ4v) is 2.47. The molecule has 1 aromatic carbocycles. The molecule has 0 atom stereocenters. The van der Waals surface area contributed by atoms with Crippen LogP contribution < -0.4 is 0 Å². The Labute approximate surface area is 120 Å². The lowest BCUT2D eigenvalue weighted by Gasteiger charge is -2.06. The zero-order chi connectivity index (χ0) is 14.5. The van der Waals surface area contributed by atoms with Crippen LogP contribution in [-0.2, 0) is 24.2 Å². The van der Waals surface area contributed by atoms with E-state index in [0.717, 1.165) is 24.4 Å². The van der Waals surface area contributed by atoms with Crippen LogP contribution in [0.5, 0.6) is 0 Å². The number of nitrogens with zero attached hydrogens (tertiary/aromatic N) is 2. The Balaban J connectivity index is 1.94. The number of carbonyl (C=O) groups excluding carboxylic acids is 1. The molecule has 0 fully saturated rings. The summed E-state index contributed by atoms with van der Waals surface area (Å²) in [4.78, 5) is 12.1. The van der Waals surface area contributed by atoms with Crippen LogP contribution >= 0.6 is 0 Å². The van der Waals surface area contributed by atoms with Gasteiger partial charge in [0, 0.05) is 25.1 Å². The molecular formula is C17H22N2O. The van der Waals surface area contributed by atoms with Crippen LogP contribution in [0.4, 0.5) is 0 Å². The van der Waals surface area contributed by atoms with Crippen molar-refractivity contribution < 1.29 is 4.79 Å². The summed E-state index contributed by atoms with van der Waals surface area (Å²) in [5.74, 6) is 0.280.